The standard InChI is InChI=1S/C14H16ClNO3/c1-10(14(18)19)9-16(2)13(17)7-6-11-4-3-5-12(15)8-11/h3-8,10H,9H2,1-2H3,(H,18,19)/b7-6+. The van der Waals surface area contributed by atoms with Crippen molar-refractivity contribution >= 4 is 29.6 Å². The minimum Gasteiger partial charge on any atom is -0.481 e. The van der Waals surface area contributed by atoms with Crippen LogP contribution in [0.25, 0.3) is 6.08 Å². The van der Waals surface area contributed by atoms with Gasteiger partial charge in [0.05, 0.1) is 5.92 Å². The molecule has 0 bridgehead atoms. The molecule has 0 spiro atoms. The number of carboxylic acid groups (broad SMARTS) is 1. The van der Waals surface area contributed by atoms with Crippen molar-refractivity contribution in [2.45, 2.75) is 6.92 Å². The minimum absolute atomic E-state index is 0.175. The Morgan fingerprint density at radius 3 is 2.74 bits per heavy atom. The van der Waals surface area contributed by atoms with Crippen LogP contribution in [0.2, 0.25) is 5.02 Å². The van der Waals surface area contributed by atoms with Gasteiger partial charge in [0, 0.05) is 24.7 Å². The molecule has 1 N–H and O–H groups in total. The van der Waals surface area contributed by atoms with E-state index in [9.17, 15) is 9.59 Å². The number of amides is 1. The largest absolute Gasteiger partial charge is 0.481 e. The molecule has 0 radical (unpaired) electrons. The molecule has 102 valence electrons. The van der Waals surface area contributed by atoms with E-state index < -0.39 is 11.9 Å². The van der Waals surface area contributed by atoms with Crippen LogP contribution in [-0.4, -0.2) is 35.5 Å². The molecule has 0 saturated heterocycles. The Kier molecular flexibility index (Phi) is 5.57. The molecule has 0 aliphatic carbocycles. The van der Waals surface area contributed by atoms with Crippen LogP contribution >= 0.6 is 11.6 Å². The van der Waals surface area contributed by atoms with Crippen LogP contribution in [0.5, 0.6) is 0 Å². The van der Waals surface area contributed by atoms with Crippen LogP contribution in [0.3, 0.4) is 0 Å². The molecule has 1 atom stereocenters. The topological polar surface area (TPSA) is 57.6 Å². The fraction of sp³-hybridized carbons (Fsp3) is 0.286. The van der Waals surface area contributed by atoms with Crippen LogP contribution in [-0.2, 0) is 9.59 Å². The molecule has 4 nitrogen and oxygen atoms in total. The van der Waals surface area contributed by atoms with Crippen molar-refractivity contribution in [3.63, 3.8) is 0 Å². The number of rotatable bonds is 5. The molecule has 19 heavy (non-hydrogen) atoms. The molecule has 0 aliphatic heterocycles. The number of benzene rings is 1. The summed E-state index contributed by atoms with van der Waals surface area (Å²) in [7, 11) is 1.57. The van der Waals surface area contributed by atoms with Gasteiger partial charge in [-0.25, -0.2) is 0 Å². The Bertz CT molecular complexity index is 499. The molecular formula is C14H16ClNO3. The van der Waals surface area contributed by atoms with E-state index in [4.69, 9.17) is 16.7 Å². The third kappa shape index (κ3) is 5.14. The summed E-state index contributed by atoms with van der Waals surface area (Å²) in [6.45, 7) is 1.74. The number of hydrogen-bond acceptors (Lipinski definition) is 2. The lowest BCUT2D eigenvalue weighted by molar-refractivity contribution is -0.142. The average Bonchev–Trinajstić information content (AvgIpc) is 2.35. The molecule has 1 rings (SSSR count). The van der Waals surface area contributed by atoms with Gasteiger partial charge in [-0.3, -0.25) is 9.59 Å². The number of halogens is 1. The van der Waals surface area contributed by atoms with Crippen molar-refractivity contribution < 1.29 is 14.7 Å². The van der Waals surface area contributed by atoms with Crippen LogP contribution in [0.4, 0.5) is 0 Å². The summed E-state index contributed by atoms with van der Waals surface area (Å²) in [5.41, 5.74) is 0.820. The van der Waals surface area contributed by atoms with Gasteiger partial charge in [0.15, 0.2) is 0 Å². The number of carbonyl (C=O) groups is 2. The highest BCUT2D eigenvalue weighted by Gasteiger charge is 2.15. The Hall–Kier alpha value is -1.81. The number of carbonyl (C=O) groups excluding carboxylic acids is 1. The van der Waals surface area contributed by atoms with Gasteiger partial charge in [0.1, 0.15) is 0 Å². The van der Waals surface area contributed by atoms with E-state index in [2.05, 4.69) is 0 Å². The van der Waals surface area contributed by atoms with Crippen molar-refractivity contribution in [3.8, 4) is 0 Å². The molecule has 0 aromatic heterocycles. The predicted octanol–water partition coefficient (Wildman–Crippen LogP) is 2.53. The van der Waals surface area contributed by atoms with Gasteiger partial charge < -0.3 is 10.0 Å². The Labute approximate surface area is 117 Å². The molecule has 5 heteroatoms. The van der Waals surface area contributed by atoms with Crippen LogP contribution < -0.4 is 0 Å². The summed E-state index contributed by atoms with van der Waals surface area (Å²) >= 11 is 5.83. The van der Waals surface area contributed by atoms with Gasteiger partial charge >= 0.3 is 5.97 Å². The highest BCUT2D eigenvalue weighted by atomic mass is 35.5. The lowest BCUT2D eigenvalue weighted by Gasteiger charge is -2.17. The molecule has 0 heterocycles. The Balaban J connectivity index is 2.61. The minimum atomic E-state index is -0.918. The lowest BCUT2D eigenvalue weighted by Crippen LogP contribution is -2.32. The van der Waals surface area contributed by atoms with E-state index in [1.807, 2.05) is 6.07 Å². The Morgan fingerprint density at radius 1 is 1.47 bits per heavy atom. The van der Waals surface area contributed by atoms with E-state index in [0.717, 1.165) is 5.56 Å². The molecule has 0 saturated carbocycles. The highest BCUT2D eigenvalue weighted by molar-refractivity contribution is 6.30. The highest BCUT2D eigenvalue weighted by Crippen LogP contribution is 2.12. The zero-order valence-electron chi connectivity index (χ0n) is 10.8. The molecule has 0 fully saturated rings. The molecule has 0 aliphatic rings. The van der Waals surface area contributed by atoms with E-state index in [-0.39, 0.29) is 12.5 Å². The van der Waals surface area contributed by atoms with Crippen LogP contribution in [0.1, 0.15) is 12.5 Å². The molecule has 1 amide bonds. The smallest absolute Gasteiger partial charge is 0.308 e. The van der Waals surface area contributed by atoms with Gasteiger partial charge in [0.25, 0.3) is 0 Å². The monoisotopic (exact) mass is 281 g/mol. The first kappa shape index (κ1) is 15.2. The second-order valence-electron chi connectivity index (χ2n) is 4.35. The predicted molar refractivity (Wildman–Crippen MR) is 74.9 cm³/mol. The van der Waals surface area contributed by atoms with Gasteiger partial charge in [-0.15, -0.1) is 0 Å². The fourth-order valence-corrected chi connectivity index (χ4v) is 1.68. The zero-order valence-corrected chi connectivity index (χ0v) is 11.6. The Morgan fingerprint density at radius 2 is 2.16 bits per heavy atom. The summed E-state index contributed by atoms with van der Waals surface area (Å²) in [5.74, 6) is -1.75. The van der Waals surface area contributed by atoms with Crippen molar-refractivity contribution in [1.29, 1.82) is 0 Å². The van der Waals surface area contributed by atoms with Gasteiger partial charge in [0.2, 0.25) is 5.91 Å². The van der Waals surface area contributed by atoms with E-state index in [1.54, 1.807) is 38.2 Å². The second-order valence-corrected chi connectivity index (χ2v) is 4.78. The van der Waals surface area contributed by atoms with Crippen LogP contribution in [0.15, 0.2) is 30.3 Å². The molecular weight excluding hydrogens is 266 g/mol. The van der Waals surface area contributed by atoms with Crippen molar-refractivity contribution in [2.75, 3.05) is 13.6 Å². The maximum absolute atomic E-state index is 11.8. The van der Waals surface area contributed by atoms with Gasteiger partial charge in [-0.05, 0) is 23.8 Å². The quantitative estimate of drug-likeness (QED) is 0.844. The average molecular weight is 282 g/mol. The van der Waals surface area contributed by atoms with E-state index >= 15 is 0 Å². The van der Waals surface area contributed by atoms with Crippen molar-refractivity contribution in [3.05, 3.63) is 40.9 Å². The van der Waals surface area contributed by atoms with Crippen molar-refractivity contribution in [1.82, 2.24) is 4.90 Å². The summed E-state index contributed by atoms with van der Waals surface area (Å²) in [5, 5.41) is 9.38. The first-order valence-electron chi connectivity index (χ1n) is 5.81. The number of hydrogen-bond donors (Lipinski definition) is 1. The molecule has 1 unspecified atom stereocenters. The first-order chi connectivity index (χ1) is 8.90. The second kappa shape index (κ2) is 6.95. The SMILES string of the molecule is CC(CN(C)C(=O)/C=C/c1cccc(Cl)c1)C(=O)O. The number of nitrogens with zero attached hydrogens (tertiary/aromatic N) is 1. The molecule has 1 aromatic rings. The fourth-order valence-electron chi connectivity index (χ4n) is 1.48. The van der Waals surface area contributed by atoms with Gasteiger partial charge in [-0.2, -0.15) is 0 Å². The maximum Gasteiger partial charge on any atom is 0.308 e. The normalized spacial score (nSPS) is 12.4. The number of carboxylic acids is 1. The maximum atomic E-state index is 11.8. The van der Waals surface area contributed by atoms with E-state index in [0.29, 0.717) is 5.02 Å². The summed E-state index contributed by atoms with van der Waals surface area (Å²) in [4.78, 5) is 23.9. The first-order valence-corrected chi connectivity index (χ1v) is 6.19. The third-order valence-corrected chi connectivity index (χ3v) is 2.85. The number of aliphatic carboxylic acids is 1. The molecule has 1 aromatic carbocycles. The number of likely N-dealkylation sites (N-methyl/N-ethyl adjacent to an activating group) is 1. The zero-order chi connectivity index (χ0) is 14.4. The summed E-state index contributed by atoms with van der Waals surface area (Å²) in [6, 6.07) is 7.12. The lowest BCUT2D eigenvalue weighted by atomic mass is 10.1. The van der Waals surface area contributed by atoms with Crippen molar-refractivity contribution in [2.24, 2.45) is 5.92 Å². The van der Waals surface area contributed by atoms with E-state index in [1.165, 1.54) is 11.0 Å². The third-order valence-electron chi connectivity index (χ3n) is 2.61. The van der Waals surface area contributed by atoms with Crippen LogP contribution in [0, 0.1) is 5.92 Å². The van der Waals surface area contributed by atoms with Gasteiger partial charge in [-0.1, -0.05) is 30.7 Å². The summed E-state index contributed by atoms with van der Waals surface area (Å²) in [6.07, 6.45) is 3.05. The summed E-state index contributed by atoms with van der Waals surface area (Å²) < 4.78 is 0.